The summed E-state index contributed by atoms with van der Waals surface area (Å²) in [5.41, 5.74) is 3.15. The third-order valence-electron chi connectivity index (χ3n) is 6.49. The molecule has 0 atom stereocenters. The third kappa shape index (κ3) is 4.20. The van der Waals surface area contributed by atoms with E-state index in [2.05, 4.69) is 55.0 Å². The zero-order valence-electron chi connectivity index (χ0n) is 17.4. The molecule has 5 heteroatoms. The van der Waals surface area contributed by atoms with E-state index in [1.54, 1.807) is 7.11 Å². The first-order valence-corrected chi connectivity index (χ1v) is 10.3. The largest absolute Gasteiger partial charge is 0.383 e. The number of hydrogen-bond donors (Lipinski definition) is 0. The summed E-state index contributed by atoms with van der Waals surface area (Å²) in [4.78, 5) is 19.6. The fraction of sp³-hybridized carbons (Fsp3) is 0.682. The lowest BCUT2D eigenvalue weighted by molar-refractivity contribution is -0.135. The summed E-state index contributed by atoms with van der Waals surface area (Å²) in [7, 11) is 3.95. The lowest BCUT2D eigenvalue weighted by atomic mass is 9.74. The molecule has 0 radical (unpaired) electrons. The molecule has 2 heterocycles. The lowest BCUT2D eigenvalue weighted by Crippen LogP contribution is -2.56. The molecule has 1 aromatic carbocycles. The maximum Gasteiger partial charge on any atom is 0.237 e. The molecule has 2 aliphatic heterocycles. The zero-order chi connectivity index (χ0) is 19.4. The van der Waals surface area contributed by atoms with E-state index in [9.17, 15) is 4.79 Å². The van der Waals surface area contributed by atoms with Crippen molar-refractivity contribution in [1.82, 2.24) is 14.7 Å². The molecule has 0 N–H and O–H groups in total. The summed E-state index contributed by atoms with van der Waals surface area (Å²) in [6.45, 7) is 8.99. The molecule has 1 amide bonds. The van der Waals surface area contributed by atoms with Crippen molar-refractivity contribution in [3.05, 3.63) is 35.4 Å². The van der Waals surface area contributed by atoms with Crippen LogP contribution in [0, 0.1) is 0 Å². The number of ether oxygens (including phenoxy) is 1. The van der Waals surface area contributed by atoms with E-state index in [0.29, 0.717) is 19.7 Å². The Labute approximate surface area is 164 Å². The fourth-order valence-electron chi connectivity index (χ4n) is 4.77. The monoisotopic (exact) mass is 373 g/mol. The molecule has 1 aromatic rings. The summed E-state index contributed by atoms with van der Waals surface area (Å²) in [6, 6.07) is 9.14. The van der Waals surface area contributed by atoms with E-state index in [-0.39, 0.29) is 17.5 Å². The minimum absolute atomic E-state index is 0.141. The molecule has 1 spiro atoms. The van der Waals surface area contributed by atoms with Gasteiger partial charge in [0.1, 0.15) is 0 Å². The minimum Gasteiger partial charge on any atom is -0.383 e. The Balaban J connectivity index is 1.64. The molecule has 3 rings (SSSR count). The predicted molar refractivity (Wildman–Crippen MR) is 109 cm³/mol. The van der Waals surface area contributed by atoms with Crippen molar-refractivity contribution >= 4 is 5.91 Å². The van der Waals surface area contributed by atoms with Gasteiger partial charge in [-0.15, -0.1) is 0 Å². The predicted octanol–water partition coefficient (Wildman–Crippen LogP) is 2.35. The van der Waals surface area contributed by atoms with Crippen LogP contribution in [0.3, 0.4) is 0 Å². The highest BCUT2D eigenvalue weighted by Crippen LogP contribution is 2.42. The van der Waals surface area contributed by atoms with Crippen molar-refractivity contribution in [1.29, 1.82) is 0 Å². The average molecular weight is 374 g/mol. The average Bonchev–Trinajstić information content (AvgIpc) is 2.66. The molecule has 1 fully saturated rings. The van der Waals surface area contributed by atoms with Crippen LogP contribution in [0.5, 0.6) is 0 Å². The van der Waals surface area contributed by atoms with Gasteiger partial charge in [0.2, 0.25) is 5.91 Å². The number of carbonyl (C=O) groups is 1. The second-order valence-electron chi connectivity index (χ2n) is 8.31. The van der Waals surface area contributed by atoms with E-state index >= 15 is 0 Å². The standard InChI is InChI=1S/C22H35N3O2/c1-18(2)25(15-16-27-4)21(26)17-24-13-10-22(11-14-24)20-8-6-5-7-19(20)9-12-23(22)3/h5-8,18H,9-17H2,1-4H3. The van der Waals surface area contributed by atoms with E-state index in [4.69, 9.17) is 4.74 Å². The number of hydrogen-bond acceptors (Lipinski definition) is 4. The second kappa shape index (κ2) is 8.72. The van der Waals surface area contributed by atoms with Crippen LogP contribution in [0.4, 0.5) is 0 Å². The van der Waals surface area contributed by atoms with Gasteiger partial charge < -0.3 is 9.64 Å². The SMILES string of the molecule is COCCN(C(=O)CN1CCC2(CC1)c1ccccc1CCN2C)C(C)C. The second-order valence-corrected chi connectivity index (χ2v) is 8.31. The summed E-state index contributed by atoms with van der Waals surface area (Å²) in [5.74, 6) is 0.218. The molecular weight excluding hydrogens is 338 g/mol. The molecule has 0 saturated carbocycles. The van der Waals surface area contributed by atoms with Gasteiger partial charge in [-0.1, -0.05) is 24.3 Å². The van der Waals surface area contributed by atoms with Crippen LogP contribution < -0.4 is 0 Å². The van der Waals surface area contributed by atoms with Crippen molar-refractivity contribution in [2.24, 2.45) is 0 Å². The van der Waals surface area contributed by atoms with Gasteiger partial charge in [-0.3, -0.25) is 14.6 Å². The smallest absolute Gasteiger partial charge is 0.237 e. The van der Waals surface area contributed by atoms with Crippen molar-refractivity contribution in [2.75, 3.05) is 53.5 Å². The summed E-state index contributed by atoms with van der Waals surface area (Å²) in [5, 5.41) is 0. The number of benzene rings is 1. The Hall–Kier alpha value is -1.43. The Morgan fingerprint density at radius 3 is 2.59 bits per heavy atom. The Bertz CT molecular complexity index is 638. The highest BCUT2D eigenvalue weighted by Gasteiger charge is 2.43. The minimum atomic E-state index is 0.141. The molecule has 1 saturated heterocycles. The van der Waals surface area contributed by atoms with Crippen LogP contribution in [-0.4, -0.2) is 80.1 Å². The van der Waals surface area contributed by atoms with Crippen molar-refractivity contribution in [3.8, 4) is 0 Å². The van der Waals surface area contributed by atoms with E-state index in [1.807, 2.05) is 4.90 Å². The summed E-state index contributed by atoms with van der Waals surface area (Å²) >= 11 is 0. The highest BCUT2D eigenvalue weighted by atomic mass is 16.5. The number of likely N-dealkylation sites (N-methyl/N-ethyl adjacent to an activating group) is 1. The number of amides is 1. The topological polar surface area (TPSA) is 36.0 Å². The highest BCUT2D eigenvalue weighted by molar-refractivity contribution is 5.78. The van der Waals surface area contributed by atoms with Gasteiger partial charge in [0, 0.05) is 44.9 Å². The number of methoxy groups -OCH3 is 1. The van der Waals surface area contributed by atoms with Gasteiger partial charge in [-0.2, -0.15) is 0 Å². The first kappa shape index (κ1) is 20.3. The first-order chi connectivity index (χ1) is 13.0. The summed E-state index contributed by atoms with van der Waals surface area (Å²) < 4.78 is 5.17. The molecule has 2 aliphatic rings. The Morgan fingerprint density at radius 2 is 1.93 bits per heavy atom. The number of nitrogens with zero attached hydrogens (tertiary/aromatic N) is 3. The molecule has 0 bridgehead atoms. The van der Waals surface area contributed by atoms with Crippen LogP contribution in [-0.2, 0) is 21.5 Å². The number of fused-ring (bicyclic) bond motifs is 2. The van der Waals surface area contributed by atoms with E-state index in [0.717, 1.165) is 38.9 Å². The number of rotatable bonds is 6. The molecule has 5 nitrogen and oxygen atoms in total. The molecule has 0 aliphatic carbocycles. The quantitative estimate of drug-likeness (QED) is 0.767. The van der Waals surface area contributed by atoms with Crippen molar-refractivity contribution < 1.29 is 9.53 Å². The lowest BCUT2D eigenvalue weighted by Gasteiger charge is -2.51. The molecule has 150 valence electrons. The third-order valence-corrected chi connectivity index (χ3v) is 6.49. The van der Waals surface area contributed by atoms with Crippen LogP contribution in [0.1, 0.15) is 37.8 Å². The Kier molecular flexibility index (Phi) is 6.56. The zero-order valence-corrected chi connectivity index (χ0v) is 17.4. The molecule has 27 heavy (non-hydrogen) atoms. The van der Waals surface area contributed by atoms with Gasteiger partial charge in [0.25, 0.3) is 0 Å². The van der Waals surface area contributed by atoms with Crippen LogP contribution >= 0.6 is 0 Å². The van der Waals surface area contributed by atoms with E-state index in [1.165, 1.54) is 11.1 Å². The first-order valence-electron chi connectivity index (χ1n) is 10.3. The van der Waals surface area contributed by atoms with Crippen LogP contribution in [0.2, 0.25) is 0 Å². The number of carbonyl (C=O) groups excluding carboxylic acids is 1. The maximum absolute atomic E-state index is 12.8. The van der Waals surface area contributed by atoms with Crippen LogP contribution in [0.15, 0.2) is 24.3 Å². The molecule has 0 aromatic heterocycles. The fourth-order valence-corrected chi connectivity index (χ4v) is 4.77. The number of likely N-dealkylation sites (tertiary alicyclic amines) is 1. The maximum atomic E-state index is 12.8. The van der Waals surface area contributed by atoms with Gasteiger partial charge in [-0.05, 0) is 51.3 Å². The van der Waals surface area contributed by atoms with Crippen molar-refractivity contribution in [3.63, 3.8) is 0 Å². The number of piperidine rings is 1. The Morgan fingerprint density at radius 1 is 1.22 bits per heavy atom. The van der Waals surface area contributed by atoms with E-state index < -0.39 is 0 Å². The summed E-state index contributed by atoms with van der Waals surface area (Å²) in [6.07, 6.45) is 3.32. The van der Waals surface area contributed by atoms with Crippen molar-refractivity contribution in [2.45, 2.75) is 44.7 Å². The van der Waals surface area contributed by atoms with Gasteiger partial charge in [0.15, 0.2) is 0 Å². The van der Waals surface area contributed by atoms with Crippen LogP contribution in [0.25, 0.3) is 0 Å². The normalized spacial score (nSPS) is 20.0. The molecule has 0 unspecified atom stereocenters. The van der Waals surface area contributed by atoms with Gasteiger partial charge in [-0.25, -0.2) is 0 Å². The van der Waals surface area contributed by atoms with Gasteiger partial charge >= 0.3 is 0 Å². The van der Waals surface area contributed by atoms with Gasteiger partial charge in [0.05, 0.1) is 13.2 Å². The molecular formula is C22H35N3O2.